The van der Waals surface area contributed by atoms with Crippen molar-refractivity contribution in [1.29, 1.82) is 0 Å². The van der Waals surface area contributed by atoms with Gasteiger partial charge in [0.15, 0.2) is 0 Å². The van der Waals surface area contributed by atoms with Crippen molar-refractivity contribution in [2.75, 3.05) is 18.4 Å². The van der Waals surface area contributed by atoms with Crippen molar-refractivity contribution in [2.45, 2.75) is 6.10 Å². The maximum Gasteiger partial charge on any atom is 0.322 e. The van der Waals surface area contributed by atoms with Crippen LogP contribution >= 0.6 is 11.6 Å². The number of aliphatic hydroxyl groups excluding tert-OH is 1. The highest BCUT2D eigenvalue weighted by molar-refractivity contribution is 6.30. The van der Waals surface area contributed by atoms with Crippen LogP contribution in [0, 0.1) is 0 Å². The van der Waals surface area contributed by atoms with Gasteiger partial charge in [-0.3, -0.25) is 0 Å². The van der Waals surface area contributed by atoms with E-state index in [1.807, 2.05) is 0 Å². The number of carbonyl (C=O) groups excluding carboxylic acids is 1. The van der Waals surface area contributed by atoms with Crippen LogP contribution in [-0.4, -0.2) is 35.2 Å². The summed E-state index contributed by atoms with van der Waals surface area (Å²) in [4.78, 5) is 13.0. The molecule has 1 fully saturated rings. The van der Waals surface area contributed by atoms with Crippen molar-refractivity contribution < 1.29 is 9.90 Å². The number of hydrogen-bond donors (Lipinski definition) is 2. The van der Waals surface area contributed by atoms with E-state index in [-0.39, 0.29) is 12.1 Å². The highest BCUT2D eigenvalue weighted by Crippen LogP contribution is 2.16. The summed E-state index contributed by atoms with van der Waals surface area (Å²) in [5.74, 6) is 0. The average Bonchev–Trinajstić information content (AvgIpc) is 2.13. The molecule has 1 aliphatic heterocycles. The number of benzene rings is 1. The molecule has 2 amide bonds. The molecule has 0 unspecified atom stereocenters. The lowest BCUT2D eigenvalue weighted by Crippen LogP contribution is -2.54. The first-order valence-corrected chi connectivity index (χ1v) is 5.02. The molecule has 15 heavy (non-hydrogen) atoms. The molecule has 1 aromatic rings. The van der Waals surface area contributed by atoms with Gasteiger partial charge in [0.05, 0.1) is 19.2 Å². The van der Waals surface area contributed by atoms with E-state index in [9.17, 15) is 4.79 Å². The minimum Gasteiger partial charge on any atom is -0.389 e. The summed E-state index contributed by atoms with van der Waals surface area (Å²) in [6, 6.07) is 6.74. The van der Waals surface area contributed by atoms with Crippen molar-refractivity contribution >= 4 is 23.3 Å². The van der Waals surface area contributed by atoms with Gasteiger partial charge < -0.3 is 15.3 Å². The van der Waals surface area contributed by atoms with Gasteiger partial charge in [0.2, 0.25) is 0 Å². The molecule has 2 N–H and O–H groups in total. The van der Waals surface area contributed by atoms with Crippen molar-refractivity contribution in [3.8, 4) is 0 Å². The smallest absolute Gasteiger partial charge is 0.322 e. The van der Waals surface area contributed by atoms with Crippen LogP contribution in [0.4, 0.5) is 10.5 Å². The molecule has 1 saturated heterocycles. The Labute approximate surface area is 92.5 Å². The summed E-state index contributed by atoms with van der Waals surface area (Å²) in [6.45, 7) is 0.790. The lowest BCUT2D eigenvalue weighted by Gasteiger charge is -2.35. The Balaban J connectivity index is 1.94. The molecular formula is C10H11ClN2O2. The summed E-state index contributed by atoms with van der Waals surface area (Å²) < 4.78 is 0. The quantitative estimate of drug-likeness (QED) is 0.764. The SMILES string of the molecule is O=C(Nc1cccc(Cl)c1)N1CC(O)C1. The Bertz CT molecular complexity index is 377. The van der Waals surface area contributed by atoms with E-state index in [1.54, 1.807) is 24.3 Å². The molecule has 4 nitrogen and oxygen atoms in total. The normalized spacial score (nSPS) is 16.0. The molecule has 0 aromatic heterocycles. The summed E-state index contributed by atoms with van der Waals surface area (Å²) >= 11 is 5.77. The third-order valence-electron chi connectivity index (χ3n) is 2.23. The van der Waals surface area contributed by atoms with Gasteiger partial charge >= 0.3 is 6.03 Å². The Morgan fingerprint density at radius 2 is 2.27 bits per heavy atom. The lowest BCUT2D eigenvalue weighted by molar-refractivity contribution is 0.0309. The highest BCUT2D eigenvalue weighted by atomic mass is 35.5. The number of β-amino-alcohol motifs (C(OH)–C–C–N with tert-alkyl or cyclic N) is 1. The summed E-state index contributed by atoms with van der Waals surface area (Å²) in [5, 5.41) is 12.3. The highest BCUT2D eigenvalue weighted by Gasteiger charge is 2.28. The second kappa shape index (κ2) is 4.08. The fourth-order valence-electron chi connectivity index (χ4n) is 1.39. The minimum absolute atomic E-state index is 0.206. The number of halogens is 1. The van der Waals surface area contributed by atoms with Crippen molar-refractivity contribution in [1.82, 2.24) is 4.90 Å². The Morgan fingerprint density at radius 1 is 1.53 bits per heavy atom. The van der Waals surface area contributed by atoms with Crippen LogP contribution < -0.4 is 5.32 Å². The van der Waals surface area contributed by atoms with E-state index < -0.39 is 0 Å². The fraction of sp³-hybridized carbons (Fsp3) is 0.300. The maximum absolute atomic E-state index is 11.5. The molecular weight excluding hydrogens is 216 g/mol. The molecule has 1 heterocycles. The number of amides is 2. The zero-order chi connectivity index (χ0) is 10.8. The van der Waals surface area contributed by atoms with E-state index in [1.165, 1.54) is 4.90 Å². The molecule has 2 rings (SSSR count). The van der Waals surface area contributed by atoms with Gasteiger partial charge in [0.1, 0.15) is 0 Å². The molecule has 0 bridgehead atoms. The van der Waals surface area contributed by atoms with Gasteiger partial charge in [-0.2, -0.15) is 0 Å². The van der Waals surface area contributed by atoms with Gasteiger partial charge in [-0.25, -0.2) is 4.79 Å². The second-order valence-electron chi connectivity index (χ2n) is 3.50. The largest absolute Gasteiger partial charge is 0.389 e. The van der Waals surface area contributed by atoms with Crippen LogP contribution in [-0.2, 0) is 0 Å². The van der Waals surface area contributed by atoms with Gasteiger partial charge in [0.25, 0.3) is 0 Å². The summed E-state index contributed by atoms with van der Waals surface area (Å²) in [7, 11) is 0. The topological polar surface area (TPSA) is 52.6 Å². The number of anilines is 1. The number of nitrogens with zero attached hydrogens (tertiary/aromatic N) is 1. The van der Waals surface area contributed by atoms with Crippen LogP contribution in [0.2, 0.25) is 5.02 Å². The molecule has 80 valence electrons. The summed E-state index contributed by atoms with van der Waals surface area (Å²) in [5.41, 5.74) is 0.661. The Hall–Kier alpha value is -1.26. The Morgan fingerprint density at radius 3 is 2.87 bits per heavy atom. The van der Waals surface area contributed by atoms with E-state index in [4.69, 9.17) is 16.7 Å². The van der Waals surface area contributed by atoms with Crippen LogP contribution in [0.1, 0.15) is 0 Å². The van der Waals surface area contributed by atoms with E-state index in [2.05, 4.69) is 5.32 Å². The number of rotatable bonds is 1. The first-order valence-electron chi connectivity index (χ1n) is 4.65. The number of hydrogen-bond acceptors (Lipinski definition) is 2. The molecule has 0 saturated carbocycles. The fourth-order valence-corrected chi connectivity index (χ4v) is 1.58. The molecule has 1 aliphatic rings. The van der Waals surface area contributed by atoms with Crippen LogP contribution in [0.15, 0.2) is 24.3 Å². The third kappa shape index (κ3) is 2.40. The number of nitrogens with one attached hydrogen (secondary N) is 1. The Kier molecular flexibility index (Phi) is 2.79. The zero-order valence-electron chi connectivity index (χ0n) is 7.98. The standard InChI is InChI=1S/C10H11ClN2O2/c11-7-2-1-3-8(4-7)12-10(15)13-5-9(14)6-13/h1-4,9,14H,5-6H2,(H,12,15). The van der Waals surface area contributed by atoms with E-state index >= 15 is 0 Å². The first-order chi connectivity index (χ1) is 7.15. The second-order valence-corrected chi connectivity index (χ2v) is 3.94. The third-order valence-corrected chi connectivity index (χ3v) is 2.46. The van der Waals surface area contributed by atoms with E-state index in [0.29, 0.717) is 23.8 Å². The van der Waals surface area contributed by atoms with E-state index in [0.717, 1.165) is 0 Å². The molecule has 0 spiro atoms. The van der Waals surface area contributed by atoms with Crippen molar-refractivity contribution in [3.63, 3.8) is 0 Å². The predicted molar refractivity (Wildman–Crippen MR) is 58.1 cm³/mol. The number of likely N-dealkylation sites (tertiary alicyclic amines) is 1. The predicted octanol–water partition coefficient (Wildman–Crippen LogP) is 1.55. The zero-order valence-corrected chi connectivity index (χ0v) is 8.74. The van der Waals surface area contributed by atoms with Crippen molar-refractivity contribution in [2.24, 2.45) is 0 Å². The molecule has 5 heteroatoms. The monoisotopic (exact) mass is 226 g/mol. The maximum atomic E-state index is 11.5. The van der Waals surface area contributed by atoms with Crippen LogP contribution in [0.25, 0.3) is 0 Å². The number of urea groups is 1. The number of carbonyl (C=O) groups is 1. The van der Waals surface area contributed by atoms with Gasteiger partial charge in [-0.05, 0) is 18.2 Å². The van der Waals surface area contributed by atoms with Gasteiger partial charge in [-0.15, -0.1) is 0 Å². The van der Waals surface area contributed by atoms with Gasteiger partial charge in [-0.1, -0.05) is 17.7 Å². The molecule has 0 aliphatic carbocycles. The summed E-state index contributed by atoms with van der Waals surface area (Å²) in [6.07, 6.45) is -0.380. The lowest BCUT2D eigenvalue weighted by atomic mass is 10.2. The number of aliphatic hydroxyl groups is 1. The molecule has 0 radical (unpaired) electrons. The van der Waals surface area contributed by atoms with Crippen molar-refractivity contribution in [3.05, 3.63) is 29.3 Å². The molecule has 0 atom stereocenters. The van der Waals surface area contributed by atoms with Crippen LogP contribution in [0.5, 0.6) is 0 Å². The minimum atomic E-state index is -0.380. The molecule has 1 aromatic carbocycles. The van der Waals surface area contributed by atoms with Crippen LogP contribution in [0.3, 0.4) is 0 Å². The first kappa shape index (κ1) is 10.3. The van der Waals surface area contributed by atoms with Gasteiger partial charge in [0, 0.05) is 10.7 Å². The average molecular weight is 227 g/mol.